The molecule has 4 N–H and O–H groups in total. The summed E-state index contributed by atoms with van der Waals surface area (Å²) in [5.74, 6) is -0.508. The SMILES string of the molecule is O=C(NCc1ccc(C(F)(F)F)cc1)Nc1cccc2c1CC(O)C(=O)N2. The Morgan fingerprint density at radius 2 is 1.89 bits per heavy atom. The summed E-state index contributed by atoms with van der Waals surface area (Å²) in [5.41, 5.74) is 1.28. The number of aliphatic hydroxyl groups is 1. The Kier molecular flexibility index (Phi) is 5.04. The number of carbonyl (C=O) groups excluding carboxylic acids is 2. The van der Waals surface area contributed by atoms with Crippen molar-refractivity contribution in [3.05, 3.63) is 59.2 Å². The quantitative estimate of drug-likeness (QED) is 0.661. The maximum atomic E-state index is 12.5. The van der Waals surface area contributed by atoms with Gasteiger partial charge in [-0.25, -0.2) is 4.79 Å². The topological polar surface area (TPSA) is 90.5 Å². The summed E-state index contributed by atoms with van der Waals surface area (Å²) in [6.45, 7) is 0.0400. The Morgan fingerprint density at radius 1 is 1.19 bits per heavy atom. The van der Waals surface area contributed by atoms with Gasteiger partial charge in [0.2, 0.25) is 0 Å². The molecule has 0 radical (unpaired) electrons. The number of hydrogen-bond acceptors (Lipinski definition) is 3. The van der Waals surface area contributed by atoms with Gasteiger partial charge >= 0.3 is 12.2 Å². The van der Waals surface area contributed by atoms with Gasteiger partial charge in [-0.05, 0) is 29.8 Å². The minimum absolute atomic E-state index is 0.0400. The number of hydrogen-bond donors (Lipinski definition) is 4. The van der Waals surface area contributed by atoms with Crippen LogP contribution < -0.4 is 16.0 Å². The summed E-state index contributed by atoms with van der Waals surface area (Å²) in [5, 5.41) is 17.4. The van der Waals surface area contributed by atoms with Gasteiger partial charge in [-0.2, -0.15) is 13.2 Å². The minimum Gasteiger partial charge on any atom is -0.383 e. The molecule has 1 heterocycles. The molecule has 0 saturated carbocycles. The second-order valence-corrected chi connectivity index (χ2v) is 6.04. The first-order valence-electron chi connectivity index (χ1n) is 8.06. The Morgan fingerprint density at radius 3 is 2.56 bits per heavy atom. The second-order valence-electron chi connectivity index (χ2n) is 6.04. The molecule has 2 aromatic rings. The van der Waals surface area contributed by atoms with Crippen LogP contribution in [0.4, 0.5) is 29.3 Å². The van der Waals surface area contributed by atoms with Crippen molar-refractivity contribution >= 4 is 23.3 Å². The normalized spacial score (nSPS) is 16.3. The van der Waals surface area contributed by atoms with Crippen LogP contribution in [0.2, 0.25) is 0 Å². The van der Waals surface area contributed by atoms with E-state index in [1.54, 1.807) is 18.2 Å². The Labute approximate surface area is 152 Å². The van der Waals surface area contributed by atoms with Crippen molar-refractivity contribution in [2.24, 2.45) is 0 Å². The number of alkyl halides is 3. The zero-order valence-electron chi connectivity index (χ0n) is 13.9. The molecule has 0 aliphatic carbocycles. The van der Waals surface area contributed by atoms with E-state index < -0.39 is 29.8 Å². The third-order valence-electron chi connectivity index (χ3n) is 4.12. The Bertz CT molecular complexity index is 866. The fourth-order valence-electron chi connectivity index (χ4n) is 2.70. The molecule has 1 aliphatic rings. The van der Waals surface area contributed by atoms with Crippen LogP contribution in [0.1, 0.15) is 16.7 Å². The van der Waals surface area contributed by atoms with Crippen LogP contribution in [0.15, 0.2) is 42.5 Å². The van der Waals surface area contributed by atoms with Crippen molar-refractivity contribution < 1.29 is 27.9 Å². The lowest BCUT2D eigenvalue weighted by Gasteiger charge is -2.23. The van der Waals surface area contributed by atoms with E-state index in [0.717, 1.165) is 12.1 Å². The highest BCUT2D eigenvalue weighted by Crippen LogP contribution is 2.30. The van der Waals surface area contributed by atoms with Crippen molar-refractivity contribution in [3.63, 3.8) is 0 Å². The van der Waals surface area contributed by atoms with Gasteiger partial charge in [-0.15, -0.1) is 0 Å². The summed E-state index contributed by atoms with van der Waals surface area (Å²) >= 11 is 0. The van der Waals surface area contributed by atoms with Gasteiger partial charge in [-0.3, -0.25) is 4.79 Å². The molecule has 1 aliphatic heterocycles. The van der Waals surface area contributed by atoms with Gasteiger partial charge in [0.05, 0.1) is 5.56 Å². The van der Waals surface area contributed by atoms with Crippen molar-refractivity contribution in [1.82, 2.24) is 5.32 Å². The van der Waals surface area contributed by atoms with Gasteiger partial charge in [0.1, 0.15) is 6.10 Å². The average molecular weight is 379 g/mol. The number of rotatable bonds is 3. The van der Waals surface area contributed by atoms with Crippen molar-refractivity contribution in [2.75, 3.05) is 10.6 Å². The molecule has 0 saturated heterocycles. The fraction of sp³-hybridized carbons (Fsp3) is 0.222. The summed E-state index contributed by atoms with van der Waals surface area (Å²) in [7, 11) is 0. The number of amides is 3. The van der Waals surface area contributed by atoms with E-state index >= 15 is 0 Å². The third kappa shape index (κ3) is 4.37. The van der Waals surface area contributed by atoms with Crippen LogP contribution in [-0.2, 0) is 23.9 Å². The molecule has 2 aromatic carbocycles. The summed E-state index contributed by atoms with van der Waals surface area (Å²) in [6.07, 6.45) is -5.54. The molecule has 3 amide bonds. The van der Waals surface area contributed by atoms with E-state index in [1.807, 2.05) is 0 Å². The van der Waals surface area contributed by atoms with Gasteiger partial charge in [0.15, 0.2) is 0 Å². The van der Waals surface area contributed by atoms with Crippen LogP contribution in [-0.4, -0.2) is 23.1 Å². The lowest BCUT2D eigenvalue weighted by Crippen LogP contribution is -2.35. The van der Waals surface area contributed by atoms with Gasteiger partial charge in [0, 0.05) is 29.9 Å². The van der Waals surface area contributed by atoms with Crippen LogP contribution in [0.3, 0.4) is 0 Å². The highest BCUT2D eigenvalue weighted by Gasteiger charge is 2.30. The van der Waals surface area contributed by atoms with Crippen molar-refractivity contribution in [1.29, 1.82) is 0 Å². The number of benzene rings is 2. The molecular weight excluding hydrogens is 363 g/mol. The summed E-state index contributed by atoms with van der Waals surface area (Å²) in [4.78, 5) is 23.6. The number of anilines is 2. The highest BCUT2D eigenvalue weighted by atomic mass is 19.4. The summed E-state index contributed by atoms with van der Waals surface area (Å²) < 4.78 is 37.6. The Balaban J connectivity index is 1.62. The molecule has 27 heavy (non-hydrogen) atoms. The molecule has 0 aromatic heterocycles. The first-order valence-corrected chi connectivity index (χ1v) is 8.06. The Hall–Kier alpha value is -3.07. The van der Waals surface area contributed by atoms with E-state index in [-0.39, 0.29) is 13.0 Å². The maximum Gasteiger partial charge on any atom is 0.416 e. The highest BCUT2D eigenvalue weighted by molar-refractivity contribution is 6.00. The molecule has 1 unspecified atom stereocenters. The van der Waals surface area contributed by atoms with E-state index in [4.69, 9.17) is 0 Å². The predicted molar refractivity (Wildman–Crippen MR) is 92.1 cm³/mol. The van der Waals surface area contributed by atoms with E-state index in [9.17, 15) is 27.9 Å². The second kappa shape index (κ2) is 7.28. The molecule has 6 nitrogen and oxygen atoms in total. The van der Waals surface area contributed by atoms with Crippen LogP contribution in [0.25, 0.3) is 0 Å². The maximum absolute atomic E-state index is 12.5. The van der Waals surface area contributed by atoms with Crippen molar-refractivity contribution in [3.8, 4) is 0 Å². The monoisotopic (exact) mass is 379 g/mol. The fourth-order valence-corrected chi connectivity index (χ4v) is 2.70. The van der Waals surface area contributed by atoms with Crippen LogP contribution in [0, 0.1) is 0 Å². The van der Waals surface area contributed by atoms with Crippen LogP contribution in [0.5, 0.6) is 0 Å². The lowest BCUT2D eigenvalue weighted by molar-refractivity contribution is -0.137. The minimum atomic E-state index is -4.41. The smallest absolute Gasteiger partial charge is 0.383 e. The van der Waals surface area contributed by atoms with Gasteiger partial charge in [-0.1, -0.05) is 18.2 Å². The molecule has 1 atom stereocenters. The zero-order valence-corrected chi connectivity index (χ0v) is 13.9. The first-order chi connectivity index (χ1) is 12.7. The number of nitrogens with one attached hydrogen (secondary N) is 3. The number of halogens is 3. The standard InChI is InChI=1S/C18H16F3N3O3/c19-18(20,21)11-6-4-10(5-7-11)9-22-17(27)24-14-3-1-2-13-12(14)8-15(25)16(26)23-13/h1-7,15,25H,8-9H2,(H,23,26)(H2,22,24,27). The number of carbonyl (C=O) groups is 2. The summed E-state index contributed by atoms with van der Waals surface area (Å²) in [6, 6.07) is 8.85. The molecule has 0 bridgehead atoms. The first kappa shape index (κ1) is 18.7. The molecule has 3 rings (SSSR count). The predicted octanol–water partition coefficient (Wildman–Crippen LogP) is 2.88. The van der Waals surface area contributed by atoms with E-state index in [2.05, 4.69) is 16.0 Å². The van der Waals surface area contributed by atoms with Crippen LogP contribution >= 0.6 is 0 Å². The lowest BCUT2D eigenvalue weighted by atomic mass is 9.99. The zero-order chi connectivity index (χ0) is 19.6. The van der Waals surface area contributed by atoms with Gasteiger partial charge in [0.25, 0.3) is 5.91 Å². The molecule has 142 valence electrons. The third-order valence-corrected chi connectivity index (χ3v) is 4.12. The average Bonchev–Trinajstić information content (AvgIpc) is 2.61. The number of aliphatic hydroxyl groups excluding tert-OH is 1. The largest absolute Gasteiger partial charge is 0.416 e. The van der Waals surface area contributed by atoms with E-state index in [0.29, 0.717) is 22.5 Å². The van der Waals surface area contributed by atoms with E-state index in [1.165, 1.54) is 12.1 Å². The number of fused-ring (bicyclic) bond motifs is 1. The number of urea groups is 1. The molecular formula is C18H16F3N3O3. The van der Waals surface area contributed by atoms with Gasteiger partial charge < -0.3 is 21.1 Å². The molecule has 9 heteroatoms. The molecule has 0 spiro atoms. The van der Waals surface area contributed by atoms with Crippen molar-refractivity contribution in [2.45, 2.75) is 25.2 Å². The molecule has 0 fully saturated rings.